The van der Waals surface area contributed by atoms with Crippen LogP contribution in [0.5, 0.6) is 0 Å². The van der Waals surface area contributed by atoms with Gasteiger partial charge in [0.15, 0.2) is 5.78 Å². The Bertz CT molecular complexity index is 403. The third-order valence-electron chi connectivity index (χ3n) is 2.82. The van der Waals surface area contributed by atoms with Crippen LogP contribution in [0.2, 0.25) is 0 Å². The highest BCUT2D eigenvalue weighted by Crippen LogP contribution is 2.06. The van der Waals surface area contributed by atoms with Gasteiger partial charge in [-0.2, -0.15) is 0 Å². The first-order valence-electron chi connectivity index (χ1n) is 5.84. The van der Waals surface area contributed by atoms with Gasteiger partial charge in [0, 0.05) is 19.5 Å². The van der Waals surface area contributed by atoms with Crippen molar-refractivity contribution in [2.24, 2.45) is 0 Å². The van der Waals surface area contributed by atoms with Crippen LogP contribution in [0.15, 0.2) is 30.3 Å². The number of rotatable bonds is 2. The second kappa shape index (κ2) is 5.48. The Labute approximate surface area is 101 Å². The summed E-state index contributed by atoms with van der Waals surface area (Å²) < 4.78 is 0. The topological polar surface area (TPSA) is 49.4 Å². The van der Waals surface area contributed by atoms with Gasteiger partial charge in [-0.3, -0.25) is 4.79 Å². The predicted octanol–water partition coefficient (Wildman–Crippen LogP) is 1.56. The molecule has 1 aromatic rings. The number of piperidine rings is 1. The molecule has 1 saturated heterocycles. The highest BCUT2D eigenvalue weighted by Gasteiger charge is 2.20. The summed E-state index contributed by atoms with van der Waals surface area (Å²) >= 11 is 0. The van der Waals surface area contributed by atoms with Crippen LogP contribution in [-0.4, -0.2) is 29.8 Å². The normalized spacial score (nSPS) is 15.8. The fraction of sp³-hybridized carbons (Fsp3) is 0.385. The van der Waals surface area contributed by atoms with Crippen molar-refractivity contribution >= 4 is 11.8 Å². The van der Waals surface area contributed by atoms with Crippen molar-refractivity contribution in [3.05, 3.63) is 35.9 Å². The number of hydrogen-bond acceptors (Lipinski definition) is 2. The lowest BCUT2D eigenvalue weighted by atomic mass is 10.1. The Morgan fingerprint density at radius 3 is 2.76 bits per heavy atom. The van der Waals surface area contributed by atoms with E-state index in [-0.39, 0.29) is 18.4 Å². The van der Waals surface area contributed by atoms with Crippen molar-refractivity contribution in [2.45, 2.75) is 19.4 Å². The third kappa shape index (κ3) is 3.31. The van der Waals surface area contributed by atoms with Gasteiger partial charge in [-0.15, -0.1) is 0 Å². The summed E-state index contributed by atoms with van der Waals surface area (Å²) in [4.78, 5) is 24.6. The molecular weight excluding hydrogens is 216 g/mol. The fourth-order valence-corrected chi connectivity index (χ4v) is 1.90. The molecule has 1 heterocycles. The Hall–Kier alpha value is -1.84. The number of urea groups is 1. The van der Waals surface area contributed by atoms with Gasteiger partial charge >= 0.3 is 6.03 Å². The molecule has 1 N–H and O–H groups in total. The summed E-state index contributed by atoms with van der Waals surface area (Å²) in [5.74, 6) is 0.145. The van der Waals surface area contributed by atoms with E-state index in [9.17, 15) is 9.59 Å². The molecule has 1 aromatic carbocycles. The molecule has 2 rings (SSSR count). The largest absolute Gasteiger partial charge is 0.334 e. The summed E-state index contributed by atoms with van der Waals surface area (Å²) in [6.45, 7) is 1.43. The number of benzene rings is 1. The lowest BCUT2D eigenvalue weighted by molar-refractivity contribution is -0.121. The van der Waals surface area contributed by atoms with Gasteiger partial charge in [-0.1, -0.05) is 30.3 Å². The average molecular weight is 232 g/mol. The van der Waals surface area contributed by atoms with E-state index < -0.39 is 0 Å². The first-order chi connectivity index (χ1) is 8.25. The summed E-state index contributed by atoms with van der Waals surface area (Å²) in [6, 6.07) is 9.58. The van der Waals surface area contributed by atoms with Crippen LogP contribution in [0.25, 0.3) is 0 Å². The number of nitrogens with zero attached hydrogens (tertiary/aromatic N) is 1. The van der Waals surface area contributed by atoms with E-state index in [1.807, 2.05) is 30.3 Å². The minimum Gasteiger partial charge on any atom is -0.334 e. The van der Waals surface area contributed by atoms with E-state index in [0.717, 1.165) is 12.0 Å². The number of amides is 2. The molecule has 0 saturated carbocycles. The van der Waals surface area contributed by atoms with Crippen molar-refractivity contribution in [1.29, 1.82) is 0 Å². The molecule has 0 unspecified atom stereocenters. The van der Waals surface area contributed by atoms with Crippen molar-refractivity contribution in [3.63, 3.8) is 0 Å². The molecule has 0 aliphatic carbocycles. The summed E-state index contributed by atoms with van der Waals surface area (Å²) in [5, 5.41) is 2.82. The van der Waals surface area contributed by atoms with E-state index in [0.29, 0.717) is 19.5 Å². The van der Waals surface area contributed by atoms with Crippen LogP contribution in [0.1, 0.15) is 18.4 Å². The fourth-order valence-electron chi connectivity index (χ4n) is 1.90. The summed E-state index contributed by atoms with van der Waals surface area (Å²) in [5.41, 5.74) is 1.06. The van der Waals surface area contributed by atoms with Crippen LogP contribution in [-0.2, 0) is 11.3 Å². The number of ketones is 1. The summed E-state index contributed by atoms with van der Waals surface area (Å²) in [7, 11) is 0. The standard InChI is InChI=1S/C13H16N2O2/c16-12-7-4-8-15(10-12)13(17)14-9-11-5-2-1-3-6-11/h1-3,5-6H,4,7-10H2,(H,14,17). The van der Waals surface area contributed by atoms with Gasteiger partial charge in [0.1, 0.15) is 0 Å². The van der Waals surface area contributed by atoms with E-state index >= 15 is 0 Å². The minimum absolute atomic E-state index is 0.145. The zero-order valence-corrected chi connectivity index (χ0v) is 9.69. The molecule has 0 radical (unpaired) electrons. The van der Waals surface area contributed by atoms with Crippen molar-refractivity contribution in [3.8, 4) is 0 Å². The maximum absolute atomic E-state index is 11.8. The van der Waals surface area contributed by atoms with Crippen LogP contribution in [0, 0.1) is 0 Å². The smallest absolute Gasteiger partial charge is 0.318 e. The first kappa shape index (κ1) is 11.6. The van der Waals surface area contributed by atoms with Gasteiger partial charge in [0.05, 0.1) is 6.54 Å². The molecule has 4 nitrogen and oxygen atoms in total. The maximum atomic E-state index is 11.8. The maximum Gasteiger partial charge on any atom is 0.318 e. The van der Waals surface area contributed by atoms with Crippen molar-refractivity contribution in [1.82, 2.24) is 10.2 Å². The van der Waals surface area contributed by atoms with Crippen molar-refractivity contribution in [2.75, 3.05) is 13.1 Å². The van der Waals surface area contributed by atoms with Crippen LogP contribution < -0.4 is 5.32 Å². The Kier molecular flexibility index (Phi) is 3.75. The molecule has 0 bridgehead atoms. The Morgan fingerprint density at radius 1 is 1.29 bits per heavy atom. The zero-order chi connectivity index (χ0) is 12.1. The van der Waals surface area contributed by atoms with Crippen LogP contribution in [0.3, 0.4) is 0 Å². The molecule has 4 heteroatoms. The molecule has 1 aliphatic heterocycles. The van der Waals surface area contributed by atoms with Gasteiger partial charge in [-0.05, 0) is 12.0 Å². The summed E-state index contributed by atoms with van der Waals surface area (Å²) in [6.07, 6.45) is 1.38. The molecule has 1 fully saturated rings. The van der Waals surface area contributed by atoms with Gasteiger partial charge in [0.2, 0.25) is 0 Å². The van der Waals surface area contributed by atoms with Crippen LogP contribution >= 0.6 is 0 Å². The lowest BCUT2D eigenvalue weighted by Gasteiger charge is -2.25. The first-order valence-corrected chi connectivity index (χ1v) is 5.84. The number of Topliss-reactive ketones (excluding diaryl/α,β-unsaturated/α-hetero) is 1. The monoisotopic (exact) mass is 232 g/mol. The van der Waals surface area contributed by atoms with E-state index in [1.54, 1.807) is 4.90 Å². The average Bonchev–Trinajstić information content (AvgIpc) is 2.37. The third-order valence-corrected chi connectivity index (χ3v) is 2.82. The number of carbonyl (C=O) groups excluding carboxylic acids is 2. The molecule has 90 valence electrons. The molecule has 0 atom stereocenters. The highest BCUT2D eigenvalue weighted by molar-refractivity contribution is 5.86. The second-order valence-corrected chi connectivity index (χ2v) is 4.21. The molecule has 17 heavy (non-hydrogen) atoms. The van der Waals surface area contributed by atoms with Gasteiger partial charge < -0.3 is 10.2 Å². The molecule has 2 amide bonds. The minimum atomic E-state index is -0.151. The van der Waals surface area contributed by atoms with E-state index in [2.05, 4.69) is 5.32 Å². The lowest BCUT2D eigenvalue weighted by Crippen LogP contribution is -2.45. The van der Waals surface area contributed by atoms with Crippen molar-refractivity contribution < 1.29 is 9.59 Å². The number of carbonyl (C=O) groups is 2. The molecular formula is C13H16N2O2. The quantitative estimate of drug-likeness (QED) is 0.841. The number of likely N-dealkylation sites (tertiary alicyclic amines) is 1. The SMILES string of the molecule is O=C1CCCN(C(=O)NCc2ccccc2)C1. The van der Waals surface area contributed by atoms with Crippen LogP contribution in [0.4, 0.5) is 4.79 Å². The van der Waals surface area contributed by atoms with E-state index in [4.69, 9.17) is 0 Å². The highest BCUT2D eigenvalue weighted by atomic mass is 16.2. The zero-order valence-electron chi connectivity index (χ0n) is 9.69. The van der Waals surface area contributed by atoms with E-state index in [1.165, 1.54) is 0 Å². The number of nitrogens with one attached hydrogen (secondary N) is 1. The van der Waals surface area contributed by atoms with Gasteiger partial charge in [0.25, 0.3) is 0 Å². The Morgan fingerprint density at radius 2 is 2.06 bits per heavy atom. The molecule has 1 aliphatic rings. The Balaban J connectivity index is 1.83. The predicted molar refractivity (Wildman–Crippen MR) is 64.5 cm³/mol. The molecule has 0 aromatic heterocycles. The second-order valence-electron chi connectivity index (χ2n) is 4.21. The van der Waals surface area contributed by atoms with Gasteiger partial charge in [-0.25, -0.2) is 4.79 Å². The number of hydrogen-bond donors (Lipinski definition) is 1. The molecule has 0 spiro atoms.